The predicted molar refractivity (Wildman–Crippen MR) is 81.2 cm³/mol. The van der Waals surface area contributed by atoms with Crippen molar-refractivity contribution in [3.8, 4) is 11.8 Å². The third-order valence-corrected chi connectivity index (χ3v) is 3.28. The largest absolute Gasteiger partial charge is 0.392 e. The first-order valence-electron chi connectivity index (χ1n) is 6.59. The Labute approximate surface area is 118 Å². The standard InChI is InChI=1S/C18H15NO/c20-14-16-8-9-17-10-12-19(18(17)13-16)11-4-7-15-5-2-1-3-6-15/h1-3,5-6,8-10,12-13,20H,11,14H2. The summed E-state index contributed by atoms with van der Waals surface area (Å²) in [7, 11) is 0. The van der Waals surface area contributed by atoms with E-state index >= 15 is 0 Å². The molecule has 0 unspecified atom stereocenters. The number of hydrogen-bond acceptors (Lipinski definition) is 1. The average molecular weight is 261 g/mol. The van der Waals surface area contributed by atoms with E-state index in [1.807, 2.05) is 54.7 Å². The molecule has 0 atom stereocenters. The topological polar surface area (TPSA) is 25.2 Å². The molecule has 20 heavy (non-hydrogen) atoms. The maximum atomic E-state index is 9.21. The highest BCUT2D eigenvalue weighted by molar-refractivity contribution is 5.80. The molecule has 0 spiro atoms. The van der Waals surface area contributed by atoms with Gasteiger partial charge >= 0.3 is 0 Å². The van der Waals surface area contributed by atoms with Gasteiger partial charge in [-0.05, 0) is 35.2 Å². The molecule has 2 nitrogen and oxygen atoms in total. The molecule has 0 saturated carbocycles. The fourth-order valence-electron chi connectivity index (χ4n) is 2.21. The molecule has 0 radical (unpaired) electrons. The van der Waals surface area contributed by atoms with Gasteiger partial charge in [-0.2, -0.15) is 0 Å². The summed E-state index contributed by atoms with van der Waals surface area (Å²) in [6, 6.07) is 18.0. The molecule has 0 amide bonds. The van der Waals surface area contributed by atoms with Crippen molar-refractivity contribution in [1.82, 2.24) is 4.57 Å². The lowest BCUT2D eigenvalue weighted by Gasteiger charge is -2.02. The lowest BCUT2D eigenvalue weighted by atomic mass is 10.2. The number of nitrogens with zero attached hydrogens (tertiary/aromatic N) is 1. The van der Waals surface area contributed by atoms with E-state index in [9.17, 15) is 5.11 Å². The van der Waals surface area contributed by atoms with Gasteiger partial charge in [0, 0.05) is 17.3 Å². The zero-order chi connectivity index (χ0) is 13.8. The van der Waals surface area contributed by atoms with Crippen LogP contribution in [-0.2, 0) is 13.2 Å². The van der Waals surface area contributed by atoms with E-state index < -0.39 is 0 Å². The van der Waals surface area contributed by atoms with Crippen molar-refractivity contribution in [2.75, 3.05) is 0 Å². The molecular weight excluding hydrogens is 246 g/mol. The summed E-state index contributed by atoms with van der Waals surface area (Å²) in [6.07, 6.45) is 2.03. The normalized spacial score (nSPS) is 10.2. The second-order valence-electron chi connectivity index (χ2n) is 4.66. The smallest absolute Gasteiger partial charge is 0.0841 e. The van der Waals surface area contributed by atoms with Crippen LogP contribution in [0.2, 0.25) is 0 Å². The third-order valence-electron chi connectivity index (χ3n) is 3.28. The van der Waals surface area contributed by atoms with Crippen LogP contribution in [0.5, 0.6) is 0 Å². The Balaban J connectivity index is 1.86. The van der Waals surface area contributed by atoms with Gasteiger partial charge in [-0.3, -0.25) is 0 Å². The number of aliphatic hydroxyl groups is 1. The first kappa shape index (κ1) is 12.5. The van der Waals surface area contributed by atoms with Crippen molar-refractivity contribution >= 4 is 10.9 Å². The first-order valence-corrected chi connectivity index (χ1v) is 6.59. The second-order valence-corrected chi connectivity index (χ2v) is 4.66. The number of aliphatic hydroxyl groups excluding tert-OH is 1. The van der Waals surface area contributed by atoms with E-state index in [1.54, 1.807) is 0 Å². The van der Waals surface area contributed by atoms with E-state index in [2.05, 4.69) is 22.5 Å². The lowest BCUT2D eigenvalue weighted by Crippen LogP contribution is -1.94. The van der Waals surface area contributed by atoms with Gasteiger partial charge in [0.15, 0.2) is 0 Å². The quantitative estimate of drug-likeness (QED) is 0.704. The van der Waals surface area contributed by atoms with E-state index in [4.69, 9.17) is 0 Å². The molecule has 0 fully saturated rings. The van der Waals surface area contributed by atoms with Crippen molar-refractivity contribution in [2.24, 2.45) is 0 Å². The summed E-state index contributed by atoms with van der Waals surface area (Å²) in [5, 5.41) is 10.4. The van der Waals surface area contributed by atoms with E-state index in [1.165, 1.54) is 5.39 Å². The number of rotatable bonds is 2. The Morgan fingerprint density at radius 2 is 1.85 bits per heavy atom. The van der Waals surface area contributed by atoms with Gasteiger partial charge in [-0.1, -0.05) is 42.2 Å². The molecule has 0 saturated heterocycles. The molecule has 0 bridgehead atoms. The van der Waals surface area contributed by atoms with Gasteiger partial charge < -0.3 is 9.67 Å². The Morgan fingerprint density at radius 1 is 1.00 bits per heavy atom. The monoisotopic (exact) mass is 261 g/mol. The fraction of sp³-hybridized carbons (Fsp3) is 0.111. The van der Waals surface area contributed by atoms with Crippen LogP contribution in [0.3, 0.4) is 0 Å². The van der Waals surface area contributed by atoms with E-state index in [-0.39, 0.29) is 6.61 Å². The molecule has 0 aliphatic carbocycles. The van der Waals surface area contributed by atoms with Crippen LogP contribution in [0.4, 0.5) is 0 Å². The molecule has 0 aliphatic heterocycles. The third kappa shape index (κ3) is 2.59. The van der Waals surface area contributed by atoms with Gasteiger partial charge in [-0.25, -0.2) is 0 Å². The average Bonchev–Trinajstić information content (AvgIpc) is 2.91. The Morgan fingerprint density at radius 3 is 2.65 bits per heavy atom. The number of fused-ring (bicyclic) bond motifs is 1. The molecular formula is C18H15NO. The van der Waals surface area contributed by atoms with Gasteiger partial charge in [0.2, 0.25) is 0 Å². The van der Waals surface area contributed by atoms with E-state index in [0.29, 0.717) is 6.54 Å². The molecule has 3 aromatic rings. The number of aromatic nitrogens is 1. The summed E-state index contributed by atoms with van der Waals surface area (Å²) in [4.78, 5) is 0. The van der Waals surface area contributed by atoms with Crippen LogP contribution >= 0.6 is 0 Å². The summed E-state index contributed by atoms with van der Waals surface area (Å²) < 4.78 is 2.10. The van der Waals surface area contributed by atoms with Crippen LogP contribution in [0.1, 0.15) is 11.1 Å². The van der Waals surface area contributed by atoms with Crippen molar-refractivity contribution in [3.63, 3.8) is 0 Å². The molecule has 1 aromatic heterocycles. The van der Waals surface area contributed by atoms with Crippen LogP contribution < -0.4 is 0 Å². The Bertz CT molecular complexity index is 775. The number of hydrogen-bond donors (Lipinski definition) is 1. The molecule has 1 heterocycles. The molecule has 0 aliphatic rings. The van der Waals surface area contributed by atoms with Gasteiger partial charge in [-0.15, -0.1) is 0 Å². The highest BCUT2D eigenvalue weighted by atomic mass is 16.3. The second kappa shape index (κ2) is 5.64. The maximum absolute atomic E-state index is 9.21. The highest BCUT2D eigenvalue weighted by Gasteiger charge is 2.00. The van der Waals surface area contributed by atoms with Crippen molar-refractivity contribution < 1.29 is 5.11 Å². The summed E-state index contributed by atoms with van der Waals surface area (Å²) in [5.74, 6) is 6.34. The molecule has 1 N–H and O–H groups in total. The SMILES string of the molecule is OCc1ccc2ccn(CC#Cc3ccccc3)c2c1. The summed E-state index contributed by atoms with van der Waals surface area (Å²) >= 11 is 0. The van der Waals surface area contributed by atoms with Gasteiger partial charge in [0.25, 0.3) is 0 Å². The fourth-order valence-corrected chi connectivity index (χ4v) is 2.21. The van der Waals surface area contributed by atoms with Crippen LogP contribution in [0.15, 0.2) is 60.8 Å². The molecule has 2 aromatic carbocycles. The zero-order valence-corrected chi connectivity index (χ0v) is 11.1. The predicted octanol–water partition coefficient (Wildman–Crippen LogP) is 3.19. The van der Waals surface area contributed by atoms with Crippen LogP contribution in [0.25, 0.3) is 10.9 Å². The zero-order valence-electron chi connectivity index (χ0n) is 11.1. The minimum atomic E-state index is 0.0663. The molecule has 98 valence electrons. The van der Waals surface area contributed by atoms with Gasteiger partial charge in [0.1, 0.15) is 0 Å². The molecule has 2 heteroatoms. The highest BCUT2D eigenvalue weighted by Crippen LogP contribution is 2.17. The van der Waals surface area contributed by atoms with Crippen molar-refractivity contribution in [3.05, 3.63) is 71.9 Å². The number of benzene rings is 2. The lowest BCUT2D eigenvalue weighted by molar-refractivity contribution is 0.282. The minimum Gasteiger partial charge on any atom is -0.392 e. The Hall–Kier alpha value is -2.50. The van der Waals surface area contributed by atoms with E-state index in [0.717, 1.165) is 16.6 Å². The van der Waals surface area contributed by atoms with Gasteiger partial charge in [0.05, 0.1) is 13.2 Å². The maximum Gasteiger partial charge on any atom is 0.0841 e. The van der Waals surface area contributed by atoms with Crippen LogP contribution in [0, 0.1) is 11.8 Å². The molecule has 3 rings (SSSR count). The van der Waals surface area contributed by atoms with Crippen molar-refractivity contribution in [2.45, 2.75) is 13.2 Å². The minimum absolute atomic E-state index is 0.0663. The summed E-state index contributed by atoms with van der Waals surface area (Å²) in [5.41, 5.74) is 3.06. The Kier molecular flexibility index (Phi) is 3.54. The summed E-state index contributed by atoms with van der Waals surface area (Å²) in [6.45, 7) is 0.712. The first-order chi connectivity index (χ1) is 9.86. The van der Waals surface area contributed by atoms with Crippen molar-refractivity contribution in [1.29, 1.82) is 0 Å². The van der Waals surface area contributed by atoms with Crippen LogP contribution in [-0.4, -0.2) is 9.67 Å².